The Balaban J connectivity index is 1.38. The number of pyridine rings is 1. The van der Waals surface area contributed by atoms with Crippen molar-refractivity contribution in [2.24, 2.45) is 17.8 Å². The average molecular weight is 816 g/mol. The molecule has 1 saturated heterocycles. The Hall–Kier alpha value is -4.11. The Kier molecular flexibility index (Phi) is 11.6. The summed E-state index contributed by atoms with van der Waals surface area (Å²) in [6, 6.07) is 3.08. The summed E-state index contributed by atoms with van der Waals surface area (Å²) in [5, 5.41) is 7.38. The van der Waals surface area contributed by atoms with Crippen molar-refractivity contribution in [2.75, 3.05) is 13.7 Å². The molecule has 2 aromatic rings. The van der Waals surface area contributed by atoms with E-state index in [4.69, 9.17) is 25.8 Å². The maximum atomic E-state index is 14.9. The zero-order valence-corrected chi connectivity index (χ0v) is 34.7. The first kappa shape index (κ1) is 41.5. The van der Waals surface area contributed by atoms with Gasteiger partial charge in [-0.1, -0.05) is 44.0 Å². The van der Waals surface area contributed by atoms with E-state index in [2.05, 4.69) is 27.3 Å². The van der Waals surface area contributed by atoms with Crippen LogP contribution >= 0.6 is 11.6 Å². The van der Waals surface area contributed by atoms with Crippen molar-refractivity contribution in [1.29, 1.82) is 0 Å². The largest absolute Gasteiger partial charge is 0.497 e. The lowest BCUT2D eigenvalue weighted by molar-refractivity contribution is -0.142. The number of nitrogens with one attached hydrogen (secondary N) is 3. The standard InChI is InChI=1S/C40H54ClN5O9S/c1-8-24-17-23(2)11-9-10-12-25-20-40(25,36(49)45-56(51,52)39(6)15-16-39)44-33(47)31-19-27(22-46(31)35(48)32(24)43-37(50)55-38(3,4)5)54-34-29-18-26(53-7)13-14-28(29)30(41)21-42-34/h10,12-14,18,21,23-25,27,31-32H,8-9,11,15-17,19-20,22H2,1-7H3,(H,43,50)(H,44,47)(H,45,49)/b12-10-/t23-,24-,25-,27-,31+,32+,40-/m1/s1. The van der Waals surface area contributed by atoms with Crippen LogP contribution in [0.15, 0.2) is 36.5 Å². The number of sulfonamides is 1. The number of allylic oxidation sites excluding steroid dienone is 1. The monoisotopic (exact) mass is 815 g/mol. The number of hydrogen-bond acceptors (Lipinski definition) is 10. The predicted octanol–water partition coefficient (Wildman–Crippen LogP) is 5.41. The van der Waals surface area contributed by atoms with Crippen molar-refractivity contribution in [1.82, 2.24) is 25.2 Å². The molecule has 0 bridgehead atoms. The molecular formula is C40H54ClN5O9S. The van der Waals surface area contributed by atoms with E-state index in [9.17, 15) is 27.6 Å². The Morgan fingerprint density at radius 2 is 1.88 bits per heavy atom. The van der Waals surface area contributed by atoms with Crippen LogP contribution in [-0.4, -0.2) is 89.8 Å². The zero-order chi connectivity index (χ0) is 40.8. The fourth-order valence-corrected chi connectivity index (χ4v) is 9.32. The number of rotatable bonds is 8. The minimum atomic E-state index is -4.01. The third-order valence-corrected chi connectivity index (χ3v) is 14.0. The molecule has 7 atom stereocenters. The zero-order valence-electron chi connectivity index (χ0n) is 33.1. The Bertz CT molecular complexity index is 2020. The van der Waals surface area contributed by atoms with E-state index in [0.29, 0.717) is 53.6 Å². The van der Waals surface area contributed by atoms with Crippen LogP contribution in [0.2, 0.25) is 5.02 Å². The van der Waals surface area contributed by atoms with Gasteiger partial charge in [0.05, 0.1) is 29.6 Å². The molecule has 3 N–H and O–H groups in total. The number of carbonyl (C=O) groups is 4. The fourth-order valence-electron chi connectivity index (χ4n) is 7.79. The van der Waals surface area contributed by atoms with Crippen LogP contribution in [0.3, 0.4) is 0 Å². The van der Waals surface area contributed by atoms with Crippen molar-refractivity contribution < 1.29 is 41.8 Å². The minimum absolute atomic E-state index is 0.00820. The molecule has 306 valence electrons. The Morgan fingerprint density at radius 3 is 2.54 bits per heavy atom. The number of nitrogens with zero attached hydrogens (tertiary/aromatic N) is 2. The van der Waals surface area contributed by atoms with Gasteiger partial charge in [0, 0.05) is 23.1 Å². The summed E-state index contributed by atoms with van der Waals surface area (Å²) in [4.78, 5) is 62.6. The molecule has 2 aliphatic heterocycles. The molecule has 16 heteroatoms. The number of amides is 4. The number of aromatic nitrogens is 1. The molecule has 4 amide bonds. The van der Waals surface area contributed by atoms with Gasteiger partial charge in [-0.15, -0.1) is 0 Å². The summed E-state index contributed by atoms with van der Waals surface area (Å²) in [5.41, 5.74) is -2.38. The van der Waals surface area contributed by atoms with E-state index in [-0.39, 0.29) is 37.1 Å². The number of carbonyl (C=O) groups excluding carboxylic acids is 4. The quantitative estimate of drug-likeness (QED) is 0.291. The van der Waals surface area contributed by atoms with Crippen LogP contribution < -0.4 is 24.8 Å². The highest BCUT2D eigenvalue weighted by atomic mass is 35.5. The highest BCUT2D eigenvalue weighted by molar-refractivity contribution is 7.91. The van der Waals surface area contributed by atoms with E-state index in [1.807, 2.05) is 19.1 Å². The maximum Gasteiger partial charge on any atom is 0.408 e. The van der Waals surface area contributed by atoms with Gasteiger partial charge in [0.2, 0.25) is 27.7 Å². The summed E-state index contributed by atoms with van der Waals surface area (Å²) in [7, 11) is -2.48. The molecule has 6 rings (SSSR count). The summed E-state index contributed by atoms with van der Waals surface area (Å²) in [6.07, 6.45) is 7.43. The van der Waals surface area contributed by atoms with Crippen LogP contribution in [0.5, 0.6) is 11.6 Å². The van der Waals surface area contributed by atoms with Crippen LogP contribution in [0.4, 0.5) is 4.79 Å². The molecule has 2 saturated carbocycles. The number of alkyl carbamates (subject to hydrolysis) is 1. The molecule has 0 radical (unpaired) electrons. The fraction of sp³-hybridized carbons (Fsp3) is 0.625. The normalized spacial score (nSPS) is 29.8. The highest BCUT2D eigenvalue weighted by Gasteiger charge is 2.63. The van der Waals surface area contributed by atoms with Gasteiger partial charge in [-0.05, 0) is 96.3 Å². The second-order valence-electron chi connectivity index (χ2n) is 17.1. The number of ether oxygens (including phenoxy) is 3. The predicted molar refractivity (Wildman–Crippen MR) is 211 cm³/mol. The van der Waals surface area contributed by atoms with Gasteiger partial charge >= 0.3 is 6.09 Å². The van der Waals surface area contributed by atoms with Gasteiger partial charge in [-0.3, -0.25) is 19.1 Å². The third kappa shape index (κ3) is 8.73. The number of benzene rings is 1. The maximum absolute atomic E-state index is 14.9. The average Bonchev–Trinajstić information content (AvgIpc) is 4.01. The van der Waals surface area contributed by atoms with E-state index in [1.165, 1.54) is 18.2 Å². The second kappa shape index (κ2) is 15.7. The first-order chi connectivity index (χ1) is 26.3. The smallest absolute Gasteiger partial charge is 0.408 e. The summed E-state index contributed by atoms with van der Waals surface area (Å²) < 4.78 is 45.2. The Morgan fingerprint density at radius 1 is 1.14 bits per heavy atom. The lowest BCUT2D eigenvalue weighted by Gasteiger charge is -2.34. The van der Waals surface area contributed by atoms with E-state index in [0.717, 1.165) is 6.42 Å². The molecule has 0 unspecified atom stereocenters. The molecule has 14 nitrogen and oxygen atoms in total. The van der Waals surface area contributed by atoms with Crippen LogP contribution in [0.25, 0.3) is 10.8 Å². The molecular weight excluding hydrogens is 762 g/mol. The van der Waals surface area contributed by atoms with Crippen LogP contribution in [-0.2, 0) is 29.1 Å². The molecule has 3 heterocycles. The van der Waals surface area contributed by atoms with Gasteiger partial charge in [0.1, 0.15) is 35.1 Å². The van der Waals surface area contributed by atoms with Crippen molar-refractivity contribution in [2.45, 2.75) is 127 Å². The summed E-state index contributed by atoms with van der Waals surface area (Å²) in [5.74, 6) is -1.81. The molecule has 1 aromatic heterocycles. The van der Waals surface area contributed by atoms with E-state index in [1.54, 1.807) is 45.9 Å². The second-order valence-corrected chi connectivity index (χ2v) is 19.7. The van der Waals surface area contributed by atoms with E-state index >= 15 is 0 Å². The summed E-state index contributed by atoms with van der Waals surface area (Å²) >= 11 is 6.48. The Labute approximate surface area is 333 Å². The van der Waals surface area contributed by atoms with Crippen molar-refractivity contribution in [3.05, 3.63) is 41.6 Å². The molecule has 3 fully saturated rings. The van der Waals surface area contributed by atoms with E-state index < -0.39 is 73.8 Å². The molecule has 1 aromatic carbocycles. The number of hydrogen-bond donors (Lipinski definition) is 3. The SMILES string of the molecule is CC[C@@H]1C[C@H](C)CC/C=C\[C@@H]2C[C@@]2(C(=O)NS(=O)(=O)C2(C)CC2)NC(=O)[C@@H]2C[C@@H](Oc3ncc(Cl)c4ccc(OC)cc34)CN2C(=O)[C@H]1NC(=O)OC(C)(C)C. The molecule has 2 aliphatic carbocycles. The number of fused-ring (bicyclic) bond motifs is 3. The lowest BCUT2D eigenvalue weighted by Crippen LogP contribution is -2.59. The molecule has 4 aliphatic rings. The minimum Gasteiger partial charge on any atom is -0.497 e. The summed E-state index contributed by atoms with van der Waals surface area (Å²) in [6.45, 7) is 10.8. The highest BCUT2D eigenvalue weighted by Crippen LogP contribution is 2.48. The van der Waals surface area contributed by atoms with Gasteiger partial charge in [0.15, 0.2) is 0 Å². The van der Waals surface area contributed by atoms with Gasteiger partial charge in [-0.2, -0.15) is 0 Å². The first-order valence-electron chi connectivity index (χ1n) is 19.4. The van der Waals surface area contributed by atoms with Gasteiger partial charge in [0.25, 0.3) is 5.91 Å². The topological polar surface area (TPSA) is 182 Å². The number of halogens is 1. The van der Waals surface area contributed by atoms with Gasteiger partial charge in [-0.25, -0.2) is 18.2 Å². The van der Waals surface area contributed by atoms with Crippen molar-refractivity contribution in [3.63, 3.8) is 0 Å². The van der Waals surface area contributed by atoms with Crippen LogP contribution in [0.1, 0.15) is 92.9 Å². The first-order valence-corrected chi connectivity index (χ1v) is 21.3. The molecule has 0 spiro atoms. The lowest BCUT2D eigenvalue weighted by atomic mass is 9.85. The van der Waals surface area contributed by atoms with Crippen molar-refractivity contribution in [3.8, 4) is 11.6 Å². The number of methoxy groups -OCH3 is 1. The van der Waals surface area contributed by atoms with Gasteiger partial charge < -0.3 is 29.7 Å². The third-order valence-electron chi connectivity index (χ3n) is 11.6. The molecule has 56 heavy (non-hydrogen) atoms. The van der Waals surface area contributed by atoms with Crippen LogP contribution in [0, 0.1) is 17.8 Å². The van der Waals surface area contributed by atoms with Crippen molar-refractivity contribution >= 4 is 56.2 Å².